The van der Waals surface area contributed by atoms with Crippen molar-refractivity contribution >= 4 is 5.82 Å². The van der Waals surface area contributed by atoms with Crippen LogP contribution >= 0.6 is 0 Å². The quantitative estimate of drug-likeness (QED) is 0.638. The molecular weight excluding hydrogens is 421 g/mol. The fourth-order valence-corrected chi connectivity index (χ4v) is 4.70. The van der Waals surface area contributed by atoms with Crippen LogP contribution in [0.25, 0.3) is 16.9 Å². The molecule has 1 aromatic carbocycles. The van der Waals surface area contributed by atoms with E-state index in [2.05, 4.69) is 25.4 Å². The van der Waals surface area contributed by atoms with Gasteiger partial charge in [-0.15, -0.1) is 10.2 Å². The van der Waals surface area contributed by atoms with Crippen molar-refractivity contribution in [2.24, 2.45) is 0 Å². The van der Waals surface area contributed by atoms with E-state index in [0.29, 0.717) is 35.1 Å². The first-order valence-corrected chi connectivity index (χ1v) is 10.6. The maximum atomic E-state index is 12.8. The van der Waals surface area contributed by atoms with E-state index in [0.717, 1.165) is 31.2 Å². The van der Waals surface area contributed by atoms with Gasteiger partial charge in [-0.1, -0.05) is 0 Å². The standard InChI is InChI=1S/C22H23F3N6O/c1-30(16-8-13-2-3-14(9-16)27-13)21-7-6-18(28-29-21)17-5-4-15(10-19(17)32)31-11-20(26-12-31)22(23,24)25/h4-7,10-14,16,27,32H,2-3,8-9H2,1H3/t13-,14+,16?. The Labute approximate surface area is 182 Å². The zero-order valence-electron chi connectivity index (χ0n) is 17.4. The number of rotatable bonds is 4. The number of aromatic hydroxyl groups is 1. The molecule has 0 radical (unpaired) electrons. The minimum atomic E-state index is -4.52. The Bertz CT molecular complexity index is 1100. The smallest absolute Gasteiger partial charge is 0.434 e. The third-order valence-corrected chi connectivity index (χ3v) is 6.44. The topological polar surface area (TPSA) is 79.1 Å². The molecule has 2 aliphatic rings. The fraction of sp³-hybridized carbons (Fsp3) is 0.409. The predicted molar refractivity (Wildman–Crippen MR) is 113 cm³/mol. The van der Waals surface area contributed by atoms with E-state index < -0.39 is 11.9 Å². The van der Waals surface area contributed by atoms with Crippen molar-refractivity contribution in [2.45, 2.75) is 50.0 Å². The number of phenolic OH excluding ortho intramolecular Hbond substituents is 1. The molecule has 2 N–H and O–H groups in total. The number of nitrogens with zero attached hydrogens (tertiary/aromatic N) is 5. The summed E-state index contributed by atoms with van der Waals surface area (Å²) >= 11 is 0. The minimum Gasteiger partial charge on any atom is -0.507 e. The lowest BCUT2D eigenvalue weighted by Crippen LogP contribution is -2.47. The first kappa shape index (κ1) is 20.7. The molecule has 0 spiro atoms. The molecule has 2 fully saturated rings. The van der Waals surface area contributed by atoms with Crippen molar-refractivity contribution in [1.29, 1.82) is 0 Å². The summed E-state index contributed by atoms with van der Waals surface area (Å²) in [4.78, 5) is 5.55. The van der Waals surface area contributed by atoms with Gasteiger partial charge in [-0.2, -0.15) is 13.2 Å². The highest BCUT2D eigenvalue weighted by Crippen LogP contribution is 2.33. The summed E-state index contributed by atoms with van der Waals surface area (Å²) in [5, 5.41) is 22.8. The van der Waals surface area contributed by atoms with Gasteiger partial charge in [0.2, 0.25) is 0 Å². The average Bonchev–Trinajstić information content (AvgIpc) is 3.40. The van der Waals surface area contributed by atoms with Gasteiger partial charge in [0, 0.05) is 43.0 Å². The molecule has 0 saturated carbocycles. The van der Waals surface area contributed by atoms with E-state index in [4.69, 9.17) is 0 Å². The molecule has 2 aliphatic heterocycles. The molecule has 4 heterocycles. The van der Waals surface area contributed by atoms with Gasteiger partial charge in [-0.3, -0.25) is 0 Å². The molecule has 32 heavy (non-hydrogen) atoms. The van der Waals surface area contributed by atoms with Crippen molar-refractivity contribution in [3.05, 3.63) is 48.5 Å². The van der Waals surface area contributed by atoms with Crippen molar-refractivity contribution in [2.75, 3.05) is 11.9 Å². The Morgan fingerprint density at radius 3 is 2.44 bits per heavy atom. The number of hydrogen-bond donors (Lipinski definition) is 2. The molecule has 10 heteroatoms. The van der Waals surface area contributed by atoms with E-state index in [9.17, 15) is 18.3 Å². The van der Waals surface area contributed by atoms with Crippen LogP contribution in [0.15, 0.2) is 42.9 Å². The van der Waals surface area contributed by atoms with Crippen molar-refractivity contribution in [1.82, 2.24) is 25.1 Å². The number of alkyl halides is 3. The maximum absolute atomic E-state index is 12.8. The third-order valence-electron chi connectivity index (χ3n) is 6.44. The first-order valence-electron chi connectivity index (χ1n) is 10.6. The van der Waals surface area contributed by atoms with Crippen molar-refractivity contribution in [3.63, 3.8) is 0 Å². The number of imidazole rings is 1. The lowest BCUT2D eigenvalue weighted by atomic mass is 9.98. The minimum absolute atomic E-state index is 0.102. The van der Waals surface area contributed by atoms with Crippen LogP contribution in [-0.4, -0.2) is 50.0 Å². The van der Waals surface area contributed by atoms with Crippen molar-refractivity contribution < 1.29 is 18.3 Å². The number of nitrogens with one attached hydrogen (secondary N) is 1. The van der Waals surface area contributed by atoms with Gasteiger partial charge in [0.25, 0.3) is 0 Å². The van der Waals surface area contributed by atoms with Crippen molar-refractivity contribution in [3.8, 4) is 22.7 Å². The largest absolute Gasteiger partial charge is 0.507 e. The zero-order valence-corrected chi connectivity index (χ0v) is 17.4. The van der Waals surface area contributed by atoms with E-state index in [1.807, 2.05) is 13.1 Å². The summed E-state index contributed by atoms with van der Waals surface area (Å²) in [5.74, 6) is 0.671. The fourth-order valence-electron chi connectivity index (χ4n) is 4.70. The molecule has 5 rings (SSSR count). The maximum Gasteiger partial charge on any atom is 0.434 e. The van der Waals surface area contributed by atoms with Gasteiger partial charge in [0.1, 0.15) is 5.75 Å². The van der Waals surface area contributed by atoms with Crippen LogP contribution in [0.4, 0.5) is 19.0 Å². The Morgan fingerprint density at radius 1 is 1.09 bits per heavy atom. The van der Waals surface area contributed by atoms with E-state index >= 15 is 0 Å². The number of piperidine rings is 1. The molecule has 168 valence electrons. The Kier molecular flexibility index (Phi) is 5.04. The SMILES string of the molecule is CN(c1ccc(-c2ccc(-n3cnc(C(F)(F)F)c3)cc2O)nn1)C1C[C@H]2CC[C@@H](C1)N2. The van der Waals surface area contributed by atoms with E-state index in [1.54, 1.807) is 18.2 Å². The van der Waals surface area contributed by atoms with Crippen LogP contribution in [0.1, 0.15) is 31.4 Å². The van der Waals surface area contributed by atoms with Gasteiger partial charge in [0.05, 0.1) is 17.7 Å². The van der Waals surface area contributed by atoms with Gasteiger partial charge in [-0.05, 0) is 49.9 Å². The highest BCUT2D eigenvalue weighted by molar-refractivity contribution is 5.69. The van der Waals surface area contributed by atoms with Crippen LogP contribution in [0, 0.1) is 0 Å². The molecule has 3 atom stereocenters. The second-order valence-electron chi connectivity index (χ2n) is 8.52. The van der Waals surface area contributed by atoms with Crippen LogP contribution in [-0.2, 0) is 6.18 Å². The Hall–Kier alpha value is -3.14. The Morgan fingerprint density at radius 2 is 1.84 bits per heavy atom. The molecule has 7 nitrogen and oxygen atoms in total. The highest BCUT2D eigenvalue weighted by Gasteiger charge is 2.35. The van der Waals surface area contributed by atoms with Crippen LogP contribution < -0.4 is 10.2 Å². The molecular formula is C22H23F3N6O. The number of benzene rings is 1. The summed E-state index contributed by atoms with van der Waals surface area (Å²) in [5.41, 5.74) is 0.303. The first-order chi connectivity index (χ1) is 15.3. The normalized spacial score (nSPS) is 22.8. The lowest BCUT2D eigenvalue weighted by molar-refractivity contribution is -0.140. The van der Waals surface area contributed by atoms with Gasteiger partial charge >= 0.3 is 6.18 Å². The van der Waals surface area contributed by atoms with Gasteiger partial charge in [0.15, 0.2) is 11.5 Å². The monoisotopic (exact) mass is 444 g/mol. The van der Waals surface area contributed by atoms with Crippen LogP contribution in [0.5, 0.6) is 5.75 Å². The summed E-state index contributed by atoms with van der Waals surface area (Å²) < 4.78 is 39.6. The number of halogens is 3. The van der Waals surface area contributed by atoms with E-state index in [-0.39, 0.29) is 5.75 Å². The highest BCUT2D eigenvalue weighted by atomic mass is 19.4. The molecule has 2 bridgehead atoms. The lowest BCUT2D eigenvalue weighted by Gasteiger charge is -2.36. The number of aromatic nitrogens is 4. The second-order valence-corrected chi connectivity index (χ2v) is 8.52. The predicted octanol–water partition coefficient (Wildman–Crippen LogP) is 3.77. The van der Waals surface area contributed by atoms with E-state index in [1.165, 1.54) is 23.5 Å². The Balaban J connectivity index is 1.33. The average molecular weight is 444 g/mol. The van der Waals surface area contributed by atoms with Gasteiger partial charge in [-0.25, -0.2) is 4.98 Å². The molecule has 3 aromatic rings. The second kappa shape index (κ2) is 7.77. The summed E-state index contributed by atoms with van der Waals surface area (Å²) in [6, 6.07) is 9.83. The third kappa shape index (κ3) is 3.90. The number of phenols is 1. The number of anilines is 1. The molecule has 0 aliphatic carbocycles. The summed E-state index contributed by atoms with van der Waals surface area (Å²) in [6.45, 7) is 0. The van der Waals surface area contributed by atoms with Gasteiger partial charge < -0.3 is 19.9 Å². The summed E-state index contributed by atoms with van der Waals surface area (Å²) in [6.07, 6.45) is 2.05. The van der Waals surface area contributed by atoms with Crippen LogP contribution in [0.3, 0.4) is 0 Å². The number of fused-ring (bicyclic) bond motifs is 2. The zero-order chi connectivity index (χ0) is 22.5. The number of hydrogen-bond acceptors (Lipinski definition) is 6. The molecule has 1 unspecified atom stereocenters. The van der Waals surface area contributed by atoms with Crippen LogP contribution in [0.2, 0.25) is 0 Å². The summed E-state index contributed by atoms with van der Waals surface area (Å²) in [7, 11) is 2.03. The molecule has 2 aromatic heterocycles. The molecule has 2 saturated heterocycles. The molecule has 0 amide bonds.